The van der Waals surface area contributed by atoms with Gasteiger partial charge in [0.1, 0.15) is 5.82 Å². The predicted molar refractivity (Wildman–Crippen MR) is 92.1 cm³/mol. The second-order valence-electron chi connectivity index (χ2n) is 7.24. The third-order valence-electron chi connectivity index (χ3n) is 4.66. The number of carbonyl (C=O) groups excluding carboxylic acids is 2. The molecule has 1 aromatic carbocycles. The topological polar surface area (TPSA) is 82.0 Å². The molecule has 2 rings (SSSR count). The molecular formula is C19H24FN3O2. The van der Waals surface area contributed by atoms with Crippen molar-refractivity contribution in [2.45, 2.75) is 64.0 Å². The van der Waals surface area contributed by atoms with E-state index in [9.17, 15) is 14.0 Å². The molecular weight excluding hydrogens is 321 g/mol. The van der Waals surface area contributed by atoms with Gasteiger partial charge in [-0.25, -0.2) is 4.39 Å². The monoisotopic (exact) mass is 345 g/mol. The van der Waals surface area contributed by atoms with E-state index in [1.54, 1.807) is 20.8 Å². The smallest absolute Gasteiger partial charge is 0.230 e. The molecule has 1 aromatic rings. The summed E-state index contributed by atoms with van der Waals surface area (Å²) in [4.78, 5) is 24.5. The highest BCUT2D eigenvalue weighted by atomic mass is 19.1. The highest BCUT2D eigenvalue weighted by Gasteiger charge is 2.32. The van der Waals surface area contributed by atoms with E-state index < -0.39 is 11.2 Å². The largest absolute Gasteiger partial charge is 0.353 e. The summed E-state index contributed by atoms with van der Waals surface area (Å²) in [5, 5.41) is 14.7. The summed E-state index contributed by atoms with van der Waals surface area (Å²) in [7, 11) is 0. The van der Waals surface area contributed by atoms with Crippen molar-refractivity contribution in [3.05, 3.63) is 35.1 Å². The zero-order chi connectivity index (χ0) is 18.6. The molecule has 0 spiro atoms. The Morgan fingerprint density at radius 2 is 2.04 bits per heavy atom. The first-order chi connectivity index (χ1) is 11.7. The zero-order valence-corrected chi connectivity index (χ0v) is 14.9. The minimum atomic E-state index is -1.02. The van der Waals surface area contributed by atoms with Crippen molar-refractivity contribution in [3.8, 4) is 6.07 Å². The summed E-state index contributed by atoms with van der Waals surface area (Å²) >= 11 is 0. The van der Waals surface area contributed by atoms with Crippen LogP contribution in [0.3, 0.4) is 0 Å². The van der Waals surface area contributed by atoms with Gasteiger partial charge >= 0.3 is 0 Å². The van der Waals surface area contributed by atoms with Crippen molar-refractivity contribution < 1.29 is 14.0 Å². The number of nitriles is 1. The van der Waals surface area contributed by atoms with Crippen LogP contribution in [0.1, 0.15) is 57.6 Å². The predicted octanol–water partition coefficient (Wildman–Crippen LogP) is 2.54. The van der Waals surface area contributed by atoms with Crippen LogP contribution in [-0.2, 0) is 15.0 Å². The lowest BCUT2D eigenvalue weighted by Crippen LogP contribution is -2.47. The summed E-state index contributed by atoms with van der Waals surface area (Å²) in [5.74, 6) is -0.943. The van der Waals surface area contributed by atoms with Crippen molar-refractivity contribution >= 4 is 11.8 Å². The summed E-state index contributed by atoms with van der Waals surface area (Å²) in [5.41, 5.74) is -0.427. The van der Waals surface area contributed by atoms with Crippen molar-refractivity contribution in [1.82, 2.24) is 10.6 Å². The number of rotatable bonds is 6. The third-order valence-corrected chi connectivity index (χ3v) is 4.66. The second kappa shape index (κ2) is 7.64. The standard InChI is InChI=1S/C19H24FN3O2/c1-12(7-17(24)23-16-5-4-6-16)22-18(25)19(2,3)14-8-13(11-21)9-15(20)10-14/h8-10,12,16H,4-7H2,1-3H3,(H,22,25)(H,23,24)/t12-/m1/s1. The molecule has 5 nitrogen and oxygen atoms in total. The molecule has 1 atom stereocenters. The van der Waals surface area contributed by atoms with Gasteiger partial charge in [-0.1, -0.05) is 0 Å². The van der Waals surface area contributed by atoms with Crippen LogP contribution in [0.4, 0.5) is 4.39 Å². The van der Waals surface area contributed by atoms with E-state index >= 15 is 0 Å². The molecule has 25 heavy (non-hydrogen) atoms. The minimum absolute atomic E-state index is 0.0761. The maximum absolute atomic E-state index is 13.7. The molecule has 1 fully saturated rings. The normalized spacial score (nSPS) is 15.6. The van der Waals surface area contributed by atoms with Gasteiger partial charge in [0.2, 0.25) is 11.8 Å². The lowest BCUT2D eigenvalue weighted by Gasteiger charge is -2.28. The van der Waals surface area contributed by atoms with Crippen LogP contribution in [0.25, 0.3) is 0 Å². The number of nitrogens with zero attached hydrogens (tertiary/aromatic N) is 1. The van der Waals surface area contributed by atoms with Gasteiger partial charge in [0.05, 0.1) is 17.0 Å². The number of nitrogens with one attached hydrogen (secondary N) is 2. The Morgan fingerprint density at radius 1 is 1.36 bits per heavy atom. The first-order valence-electron chi connectivity index (χ1n) is 8.54. The molecule has 0 radical (unpaired) electrons. The molecule has 6 heteroatoms. The Kier molecular flexibility index (Phi) is 5.78. The van der Waals surface area contributed by atoms with Gasteiger partial charge in [-0.2, -0.15) is 5.26 Å². The molecule has 0 heterocycles. The molecule has 0 saturated heterocycles. The van der Waals surface area contributed by atoms with Crippen LogP contribution in [0.5, 0.6) is 0 Å². The zero-order valence-electron chi connectivity index (χ0n) is 14.9. The fraction of sp³-hybridized carbons (Fsp3) is 0.526. The number of hydrogen-bond acceptors (Lipinski definition) is 3. The van der Waals surface area contributed by atoms with Gasteiger partial charge < -0.3 is 10.6 Å². The van der Waals surface area contributed by atoms with Crippen LogP contribution in [0.15, 0.2) is 18.2 Å². The molecule has 2 N–H and O–H groups in total. The van der Waals surface area contributed by atoms with E-state index in [4.69, 9.17) is 5.26 Å². The molecule has 0 bridgehead atoms. The highest BCUT2D eigenvalue weighted by Crippen LogP contribution is 2.26. The first kappa shape index (κ1) is 18.9. The van der Waals surface area contributed by atoms with E-state index in [1.807, 2.05) is 6.07 Å². The van der Waals surface area contributed by atoms with Gasteiger partial charge in [-0.3, -0.25) is 9.59 Å². The average molecular weight is 345 g/mol. The molecule has 1 aliphatic carbocycles. The molecule has 0 aromatic heterocycles. The maximum atomic E-state index is 13.7. The van der Waals surface area contributed by atoms with Gasteiger partial charge in [-0.15, -0.1) is 0 Å². The Labute approximate surface area is 147 Å². The Hall–Kier alpha value is -2.42. The molecule has 1 aliphatic rings. The first-order valence-corrected chi connectivity index (χ1v) is 8.54. The van der Waals surface area contributed by atoms with Gasteiger partial charge in [-0.05, 0) is 63.8 Å². The van der Waals surface area contributed by atoms with Gasteiger partial charge in [0.15, 0.2) is 0 Å². The van der Waals surface area contributed by atoms with E-state index in [0.717, 1.165) is 25.3 Å². The number of halogens is 1. The van der Waals surface area contributed by atoms with E-state index in [0.29, 0.717) is 5.56 Å². The van der Waals surface area contributed by atoms with Crippen LogP contribution in [0, 0.1) is 17.1 Å². The second-order valence-corrected chi connectivity index (χ2v) is 7.24. The highest BCUT2D eigenvalue weighted by molar-refractivity contribution is 5.88. The molecule has 2 amide bonds. The summed E-state index contributed by atoms with van der Waals surface area (Å²) in [6, 6.07) is 5.72. The van der Waals surface area contributed by atoms with Gasteiger partial charge in [0, 0.05) is 18.5 Å². The summed E-state index contributed by atoms with van der Waals surface area (Å²) in [6.07, 6.45) is 3.37. The third kappa shape index (κ3) is 4.79. The average Bonchev–Trinajstić information content (AvgIpc) is 2.50. The lowest BCUT2D eigenvalue weighted by molar-refractivity contribution is -0.127. The number of hydrogen-bond donors (Lipinski definition) is 2. The summed E-state index contributed by atoms with van der Waals surface area (Å²) < 4.78 is 13.7. The van der Waals surface area contributed by atoms with Crippen LogP contribution in [-0.4, -0.2) is 23.9 Å². The SMILES string of the molecule is C[C@H](CC(=O)NC1CCC1)NC(=O)C(C)(C)c1cc(F)cc(C#N)c1. The Bertz CT molecular complexity index is 705. The van der Waals surface area contributed by atoms with Crippen molar-refractivity contribution in [2.75, 3.05) is 0 Å². The molecule has 1 saturated carbocycles. The number of amides is 2. The van der Waals surface area contributed by atoms with Crippen LogP contribution >= 0.6 is 0 Å². The molecule has 134 valence electrons. The molecule has 0 aliphatic heterocycles. The van der Waals surface area contributed by atoms with E-state index in [1.165, 1.54) is 12.1 Å². The van der Waals surface area contributed by atoms with Gasteiger partial charge in [0.25, 0.3) is 0 Å². The van der Waals surface area contributed by atoms with Crippen molar-refractivity contribution in [2.24, 2.45) is 0 Å². The molecule has 0 unspecified atom stereocenters. The quantitative estimate of drug-likeness (QED) is 0.831. The van der Waals surface area contributed by atoms with Crippen molar-refractivity contribution in [1.29, 1.82) is 5.26 Å². The van der Waals surface area contributed by atoms with Crippen LogP contribution < -0.4 is 10.6 Å². The van der Waals surface area contributed by atoms with Crippen molar-refractivity contribution in [3.63, 3.8) is 0 Å². The lowest BCUT2D eigenvalue weighted by atomic mass is 9.82. The van der Waals surface area contributed by atoms with Crippen LogP contribution in [0.2, 0.25) is 0 Å². The van der Waals surface area contributed by atoms with E-state index in [-0.39, 0.29) is 35.9 Å². The fourth-order valence-corrected chi connectivity index (χ4v) is 2.72. The number of carbonyl (C=O) groups is 2. The Morgan fingerprint density at radius 3 is 2.60 bits per heavy atom. The minimum Gasteiger partial charge on any atom is -0.353 e. The number of benzene rings is 1. The fourth-order valence-electron chi connectivity index (χ4n) is 2.72. The van der Waals surface area contributed by atoms with E-state index in [2.05, 4.69) is 10.6 Å². The summed E-state index contributed by atoms with van der Waals surface area (Å²) in [6.45, 7) is 5.10. The Balaban J connectivity index is 1.99. The maximum Gasteiger partial charge on any atom is 0.230 e.